The summed E-state index contributed by atoms with van der Waals surface area (Å²) in [7, 11) is 4.48. The fourth-order valence-electron chi connectivity index (χ4n) is 3.07. The van der Waals surface area contributed by atoms with Crippen molar-refractivity contribution in [3.8, 4) is 17.2 Å². The number of aryl methyl sites for hydroxylation is 3. The lowest BCUT2D eigenvalue weighted by Crippen LogP contribution is -2.22. The summed E-state index contributed by atoms with van der Waals surface area (Å²) >= 11 is 0. The molecule has 2 aromatic carbocycles. The third-order valence-electron chi connectivity index (χ3n) is 4.21. The van der Waals surface area contributed by atoms with Crippen molar-refractivity contribution in [3.63, 3.8) is 0 Å². The molecule has 0 saturated carbocycles. The first-order chi connectivity index (χ1) is 13.3. The minimum atomic E-state index is -0.450. The van der Waals surface area contributed by atoms with Crippen molar-refractivity contribution in [2.24, 2.45) is 0 Å². The van der Waals surface area contributed by atoms with Crippen molar-refractivity contribution < 1.29 is 23.8 Å². The minimum absolute atomic E-state index is 0.316. The van der Waals surface area contributed by atoms with E-state index in [1.54, 1.807) is 12.1 Å². The Hall–Kier alpha value is -3.22. The van der Waals surface area contributed by atoms with Gasteiger partial charge in [-0.3, -0.25) is 9.59 Å². The van der Waals surface area contributed by atoms with Gasteiger partial charge in [0.25, 0.3) is 0 Å². The SMILES string of the molecule is COc1cc(NC(=O)CC(=O)Nc2c(C)cc(C)cc2C)cc(OC)c1OC. The molecular weight excluding hydrogens is 360 g/mol. The summed E-state index contributed by atoms with van der Waals surface area (Å²) in [4.78, 5) is 24.6. The van der Waals surface area contributed by atoms with Gasteiger partial charge in [0.2, 0.25) is 17.6 Å². The van der Waals surface area contributed by atoms with Gasteiger partial charge in [-0.15, -0.1) is 0 Å². The number of hydrogen-bond donors (Lipinski definition) is 2. The average molecular weight is 386 g/mol. The van der Waals surface area contributed by atoms with Crippen molar-refractivity contribution in [2.45, 2.75) is 27.2 Å². The second kappa shape index (κ2) is 9.12. The minimum Gasteiger partial charge on any atom is -0.493 e. The van der Waals surface area contributed by atoms with Crippen LogP contribution in [-0.4, -0.2) is 33.1 Å². The molecule has 7 nitrogen and oxygen atoms in total. The Morgan fingerprint density at radius 1 is 0.786 bits per heavy atom. The maximum atomic E-state index is 12.3. The summed E-state index contributed by atoms with van der Waals surface area (Å²) < 4.78 is 15.8. The number of hydrogen-bond acceptors (Lipinski definition) is 5. The van der Waals surface area contributed by atoms with Gasteiger partial charge in [-0.25, -0.2) is 0 Å². The Kier molecular flexibility index (Phi) is 6.87. The Morgan fingerprint density at radius 2 is 1.29 bits per heavy atom. The zero-order chi connectivity index (χ0) is 20.8. The molecule has 0 atom stereocenters. The molecule has 0 aliphatic carbocycles. The Morgan fingerprint density at radius 3 is 1.75 bits per heavy atom. The molecule has 150 valence electrons. The Balaban J connectivity index is 2.09. The molecular formula is C21H26N2O5. The molecule has 0 unspecified atom stereocenters. The first-order valence-electron chi connectivity index (χ1n) is 8.76. The highest BCUT2D eigenvalue weighted by atomic mass is 16.5. The third-order valence-corrected chi connectivity index (χ3v) is 4.21. The molecule has 0 heterocycles. The van der Waals surface area contributed by atoms with E-state index in [1.807, 2.05) is 32.9 Å². The summed E-state index contributed by atoms with van der Waals surface area (Å²) in [6.45, 7) is 5.84. The van der Waals surface area contributed by atoms with Gasteiger partial charge in [-0.05, 0) is 31.9 Å². The largest absolute Gasteiger partial charge is 0.493 e. The highest BCUT2D eigenvalue weighted by Crippen LogP contribution is 2.39. The van der Waals surface area contributed by atoms with Gasteiger partial charge in [0, 0.05) is 23.5 Å². The molecule has 0 saturated heterocycles. The van der Waals surface area contributed by atoms with Crippen LogP contribution in [0.5, 0.6) is 17.2 Å². The van der Waals surface area contributed by atoms with E-state index in [-0.39, 0.29) is 12.3 Å². The summed E-state index contributed by atoms with van der Waals surface area (Å²) in [5.41, 5.74) is 4.20. The lowest BCUT2D eigenvalue weighted by atomic mass is 10.0. The van der Waals surface area contributed by atoms with Crippen LogP contribution >= 0.6 is 0 Å². The van der Waals surface area contributed by atoms with Crippen LogP contribution in [0.4, 0.5) is 11.4 Å². The van der Waals surface area contributed by atoms with Crippen molar-refractivity contribution >= 4 is 23.2 Å². The van der Waals surface area contributed by atoms with Crippen LogP contribution in [0.1, 0.15) is 23.1 Å². The highest BCUT2D eigenvalue weighted by Gasteiger charge is 2.16. The number of rotatable bonds is 7. The lowest BCUT2D eigenvalue weighted by molar-refractivity contribution is -0.123. The maximum absolute atomic E-state index is 12.3. The fraction of sp³-hybridized carbons (Fsp3) is 0.333. The molecule has 2 amide bonds. The van der Waals surface area contributed by atoms with Gasteiger partial charge in [0.1, 0.15) is 6.42 Å². The molecule has 0 aliphatic heterocycles. The van der Waals surface area contributed by atoms with Gasteiger partial charge in [-0.1, -0.05) is 17.7 Å². The average Bonchev–Trinajstić information content (AvgIpc) is 2.63. The third kappa shape index (κ3) is 4.94. The van der Waals surface area contributed by atoms with Crippen LogP contribution in [0.2, 0.25) is 0 Å². The van der Waals surface area contributed by atoms with E-state index >= 15 is 0 Å². The van der Waals surface area contributed by atoms with Gasteiger partial charge in [0.05, 0.1) is 21.3 Å². The summed E-state index contributed by atoms with van der Waals surface area (Å²) in [5.74, 6) is 0.403. The van der Waals surface area contributed by atoms with Gasteiger partial charge >= 0.3 is 0 Å². The van der Waals surface area contributed by atoms with Crippen LogP contribution in [0.3, 0.4) is 0 Å². The van der Waals surface area contributed by atoms with Gasteiger partial charge in [0.15, 0.2) is 11.5 Å². The normalized spacial score (nSPS) is 10.2. The molecule has 7 heteroatoms. The monoisotopic (exact) mass is 386 g/mol. The number of nitrogens with one attached hydrogen (secondary N) is 2. The second-order valence-corrected chi connectivity index (χ2v) is 6.46. The predicted molar refractivity (Wildman–Crippen MR) is 109 cm³/mol. The van der Waals surface area contributed by atoms with Crippen LogP contribution in [0.15, 0.2) is 24.3 Å². The molecule has 28 heavy (non-hydrogen) atoms. The van der Waals surface area contributed by atoms with Crippen molar-refractivity contribution in [2.75, 3.05) is 32.0 Å². The number of benzene rings is 2. The van der Waals surface area contributed by atoms with Crippen molar-refractivity contribution in [1.29, 1.82) is 0 Å². The molecule has 2 N–H and O–H groups in total. The number of ether oxygens (including phenoxy) is 3. The summed E-state index contributed by atoms with van der Waals surface area (Å²) in [6.07, 6.45) is -0.316. The smallest absolute Gasteiger partial charge is 0.233 e. The molecule has 0 aliphatic rings. The van der Waals surface area contributed by atoms with Crippen molar-refractivity contribution in [3.05, 3.63) is 41.0 Å². The molecule has 0 radical (unpaired) electrons. The Bertz CT molecular complexity index is 844. The zero-order valence-electron chi connectivity index (χ0n) is 17.1. The van der Waals surface area contributed by atoms with Gasteiger partial charge in [-0.2, -0.15) is 0 Å². The van der Waals surface area contributed by atoms with Crippen molar-refractivity contribution in [1.82, 2.24) is 0 Å². The molecule has 2 aromatic rings. The summed E-state index contributed by atoms with van der Waals surface area (Å²) in [6, 6.07) is 7.17. The van der Waals surface area contributed by atoms with Crippen LogP contribution < -0.4 is 24.8 Å². The van der Waals surface area contributed by atoms with E-state index in [2.05, 4.69) is 10.6 Å². The van der Waals surface area contributed by atoms with E-state index in [0.717, 1.165) is 22.4 Å². The molecule has 0 aromatic heterocycles. The van der Waals surface area contributed by atoms with Crippen LogP contribution in [-0.2, 0) is 9.59 Å². The number of carbonyl (C=O) groups is 2. The van der Waals surface area contributed by atoms with Crippen LogP contribution in [0.25, 0.3) is 0 Å². The van der Waals surface area contributed by atoms with E-state index in [4.69, 9.17) is 14.2 Å². The predicted octanol–water partition coefficient (Wildman–Crippen LogP) is 3.60. The molecule has 0 fully saturated rings. The standard InChI is InChI=1S/C21H26N2O5/c1-12-7-13(2)20(14(3)8-12)23-19(25)11-18(24)22-15-9-16(26-4)21(28-6)17(10-15)27-5/h7-10H,11H2,1-6H3,(H,22,24)(H,23,25). The van der Waals surface area contributed by atoms with Gasteiger partial charge < -0.3 is 24.8 Å². The maximum Gasteiger partial charge on any atom is 0.233 e. The lowest BCUT2D eigenvalue weighted by Gasteiger charge is -2.15. The first kappa shape index (κ1) is 21.1. The zero-order valence-corrected chi connectivity index (χ0v) is 17.1. The molecule has 2 rings (SSSR count). The van der Waals surface area contributed by atoms with E-state index in [9.17, 15) is 9.59 Å². The topological polar surface area (TPSA) is 85.9 Å². The number of carbonyl (C=O) groups excluding carboxylic acids is 2. The molecule has 0 spiro atoms. The quantitative estimate of drug-likeness (QED) is 0.710. The second-order valence-electron chi connectivity index (χ2n) is 6.46. The highest BCUT2D eigenvalue weighted by molar-refractivity contribution is 6.08. The number of anilines is 2. The first-order valence-corrected chi connectivity index (χ1v) is 8.76. The number of methoxy groups -OCH3 is 3. The van der Waals surface area contributed by atoms with E-state index in [1.165, 1.54) is 21.3 Å². The number of amides is 2. The molecule has 0 bridgehead atoms. The van der Waals surface area contributed by atoms with Crippen LogP contribution in [0, 0.1) is 20.8 Å². The Labute approximate surface area is 165 Å². The van der Waals surface area contributed by atoms with E-state index in [0.29, 0.717) is 22.9 Å². The van der Waals surface area contributed by atoms with E-state index < -0.39 is 5.91 Å². The summed E-state index contributed by atoms with van der Waals surface area (Å²) in [5, 5.41) is 5.50. The fourth-order valence-corrected chi connectivity index (χ4v) is 3.07.